The second-order valence-corrected chi connectivity index (χ2v) is 4.69. The lowest BCUT2D eigenvalue weighted by Gasteiger charge is -2.17. The highest BCUT2D eigenvalue weighted by molar-refractivity contribution is 5.89. The van der Waals surface area contributed by atoms with Crippen molar-refractivity contribution in [3.8, 4) is 6.07 Å². The molecule has 1 aromatic heterocycles. The summed E-state index contributed by atoms with van der Waals surface area (Å²) in [4.78, 5) is 8.63. The first-order chi connectivity index (χ1) is 10.9. The van der Waals surface area contributed by atoms with Crippen molar-refractivity contribution in [1.29, 1.82) is 5.26 Å². The van der Waals surface area contributed by atoms with Gasteiger partial charge in [-0.3, -0.25) is 4.98 Å². The lowest BCUT2D eigenvalue weighted by Crippen LogP contribution is -2.37. The van der Waals surface area contributed by atoms with Crippen molar-refractivity contribution in [2.24, 2.45) is 4.99 Å². The Hall–Kier alpha value is -3.07. The number of nitrogens with one attached hydrogen (secondary N) is 2. The number of rotatable bonds is 3. The maximum atomic E-state index is 9.41. The Balaban J connectivity index is 1.81. The number of ether oxygens (including phenoxy) is 1. The molecular weight excluding hydrogens is 278 g/mol. The van der Waals surface area contributed by atoms with E-state index in [1.807, 2.05) is 18.2 Å². The fourth-order valence-corrected chi connectivity index (χ4v) is 2.14. The van der Waals surface area contributed by atoms with Crippen molar-refractivity contribution in [3.05, 3.63) is 59.9 Å². The van der Waals surface area contributed by atoms with Gasteiger partial charge in [-0.05, 0) is 24.3 Å². The van der Waals surface area contributed by atoms with E-state index in [0.717, 1.165) is 18.8 Å². The van der Waals surface area contributed by atoms with Crippen LogP contribution in [-0.2, 0) is 4.74 Å². The van der Waals surface area contributed by atoms with Crippen molar-refractivity contribution < 1.29 is 4.74 Å². The van der Waals surface area contributed by atoms with Crippen LogP contribution in [-0.4, -0.2) is 24.1 Å². The van der Waals surface area contributed by atoms with E-state index in [1.165, 1.54) is 0 Å². The van der Waals surface area contributed by atoms with Gasteiger partial charge in [-0.1, -0.05) is 6.07 Å². The van der Waals surface area contributed by atoms with Gasteiger partial charge in [-0.15, -0.1) is 0 Å². The van der Waals surface area contributed by atoms with Crippen LogP contribution in [0, 0.1) is 11.3 Å². The third kappa shape index (κ3) is 3.15. The van der Waals surface area contributed by atoms with Crippen LogP contribution in [0.15, 0.2) is 59.2 Å². The molecule has 0 aliphatic carbocycles. The van der Waals surface area contributed by atoms with Crippen LogP contribution in [0.1, 0.15) is 12.1 Å². The molecule has 1 aromatic rings. The van der Waals surface area contributed by atoms with Crippen LogP contribution < -0.4 is 10.6 Å². The number of hydrogen-bond donors (Lipinski definition) is 2. The number of pyridine rings is 1. The van der Waals surface area contributed by atoms with Crippen molar-refractivity contribution in [3.63, 3.8) is 0 Å². The van der Waals surface area contributed by atoms with Crippen molar-refractivity contribution in [2.45, 2.75) is 6.42 Å². The molecule has 22 heavy (non-hydrogen) atoms. The van der Waals surface area contributed by atoms with Crippen molar-refractivity contribution >= 4 is 11.5 Å². The normalized spacial score (nSPS) is 20.5. The molecule has 3 heterocycles. The van der Waals surface area contributed by atoms with Gasteiger partial charge >= 0.3 is 0 Å². The molecule has 0 radical (unpaired) electrons. The molecule has 0 unspecified atom stereocenters. The quantitative estimate of drug-likeness (QED) is 0.829. The second-order valence-electron chi connectivity index (χ2n) is 4.69. The van der Waals surface area contributed by atoms with E-state index >= 15 is 0 Å². The van der Waals surface area contributed by atoms with E-state index in [4.69, 9.17) is 4.74 Å². The van der Waals surface area contributed by atoms with Gasteiger partial charge in [0.25, 0.3) is 0 Å². The summed E-state index contributed by atoms with van der Waals surface area (Å²) in [6, 6.07) is 7.66. The van der Waals surface area contributed by atoms with Gasteiger partial charge in [0, 0.05) is 18.8 Å². The van der Waals surface area contributed by atoms with E-state index < -0.39 is 0 Å². The molecule has 0 atom stereocenters. The van der Waals surface area contributed by atoms with Crippen LogP contribution in [0.2, 0.25) is 0 Å². The van der Waals surface area contributed by atoms with Crippen LogP contribution in [0.3, 0.4) is 0 Å². The highest BCUT2D eigenvalue weighted by Crippen LogP contribution is 2.16. The highest BCUT2D eigenvalue weighted by Gasteiger charge is 2.13. The Bertz CT molecular complexity index is 710. The third-order valence-electron chi connectivity index (χ3n) is 3.20. The molecule has 0 aromatic carbocycles. The molecule has 2 aliphatic heterocycles. The number of aromatic nitrogens is 1. The smallest absolute Gasteiger partial charge is 0.200 e. The molecule has 0 bridgehead atoms. The molecule has 0 amide bonds. The van der Waals surface area contributed by atoms with Crippen molar-refractivity contribution in [1.82, 2.24) is 15.6 Å². The summed E-state index contributed by atoms with van der Waals surface area (Å²) >= 11 is 0. The van der Waals surface area contributed by atoms with E-state index in [1.54, 1.807) is 24.5 Å². The molecule has 6 heteroatoms. The Morgan fingerprint density at radius 3 is 3.14 bits per heavy atom. The Morgan fingerprint density at radius 2 is 2.41 bits per heavy atom. The lowest BCUT2D eigenvalue weighted by atomic mass is 10.1. The van der Waals surface area contributed by atoms with Crippen LogP contribution >= 0.6 is 0 Å². The zero-order valence-electron chi connectivity index (χ0n) is 11.9. The monoisotopic (exact) mass is 293 g/mol. The second kappa shape index (κ2) is 6.59. The van der Waals surface area contributed by atoms with Gasteiger partial charge in [-0.25, -0.2) is 4.99 Å². The minimum Gasteiger partial charge on any atom is -0.496 e. The minimum absolute atomic E-state index is 0.474. The average Bonchev–Trinajstić information content (AvgIpc) is 3.09. The van der Waals surface area contributed by atoms with Gasteiger partial charge in [0.2, 0.25) is 0 Å². The van der Waals surface area contributed by atoms with E-state index in [-0.39, 0.29) is 0 Å². The number of nitrogens with zero attached hydrogens (tertiary/aromatic N) is 3. The number of allylic oxidation sites excluding steroid dienone is 2. The molecule has 0 spiro atoms. The summed E-state index contributed by atoms with van der Waals surface area (Å²) in [7, 11) is 0. The number of guanidine groups is 1. The summed E-state index contributed by atoms with van der Waals surface area (Å²) in [5.41, 5.74) is 1.77. The van der Waals surface area contributed by atoms with Gasteiger partial charge in [0.05, 0.1) is 24.5 Å². The fourth-order valence-electron chi connectivity index (χ4n) is 2.14. The first-order valence-electron chi connectivity index (χ1n) is 6.99. The first kappa shape index (κ1) is 13.9. The molecule has 0 saturated carbocycles. The zero-order chi connectivity index (χ0) is 15.2. The standard InChI is InChI=1S/C16H15N5O/c17-10-13(14-5-1-2-7-18-14)15-6-8-19-16(21-15)20-11-12-4-3-9-22-12/h1-2,4-8H,3,9,11H2,(H2,19,20,21). The number of aliphatic imine (C=N–C) groups is 1. The van der Waals surface area contributed by atoms with Gasteiger partial charge in [0.15, 0.2) is 5.96 Å². The van der Waals surface area contributed by atoms with Crippen LogP contribution in [0.25, 0.3) is 5.57 Å². The fraction of sp³-hybridized carbons (Fsp3) is 0.188. The summed E-state index contributed by atoms with van der Waals surface area (Å²) in [6.07, 6.45) is 8.17. The molecule has 2 aliphatic rings. The SMILES string of the molecule is N#CC(=C1C=CNC(=NCC2=CCCO2)N1)c1ccccn1. The Labute approximate surface area is 128 Å². The molecule has 0 fully saturated rings. The minimum atomic E-state index is 0.474. The largest absolute Gasteiger partial charge is 0.496 e. The number of nitriles is 1. The highest BCUT2D eigenvalue weighted by atomic mass is 16.5. The average molecular weight is 293 g/mol. The van der Waals surface area contributed by atoms with Crippen LogP contribution in [0.5, 0.6) is 0 Å². The predicted molar refractivity (Wildman–Crippen MR) is 83.1 cm³/mol. The van der Waals surface area contributed by atoms with Gasteiger partial charge in [0.1, 0.15) is 17.4 Å². The van der Waals surface area contributed by atoms with E-state index in [9.17, 15) is 5.26 Å². The predicted octanol–water partition coefficient (Wildman–Crippen LogP) is 1.68. The molecule has 3 rings (SSSR count). The summed E-state index contributed by atoms with van der Waals surface area (Å²) in [6.45, 7) is 1.20. The summed E-state index contributed by atoms with van der Waals surface area (Å²) in [5, 5.41) is 15.5. The molecule has 110 valence electrons. The Morgan fingerprint density at radius 1 is 1.45 bits per heavy atom. The van der Waals surface area contributed by atoms with Crippen molar-refractivity contribution in [2.75, 3.05) is 13.2 Å². The third-order valence-corrected chi connectivity index (χ3v) is 3.20. The number of hydrogen-bond acceptors (Lipinski definition) is 4. The summed E-state index contributed by atoms with van der Waals surface area (Å²) in [5.74, 6) is 1.46. The molecule has 0 saturated heterocycles. The topological polar surface area (TPSA) is 82.3 Å². The maximum Gasteiger partial charge on any atom is 0.200 e. The lowest BCUT2D eigenvalue weighted by molar-refractivity contribution is 0.242. The van der Waals surface area contributed by atoms with Gasteiger partial charge < -0.3 is 15.4 Å². The molecule has 2 N–H and O–H groups in total. The molecular formula is C16H15N5O. The summed E-state index contributed by atoms with van der Waals surface area (Å²) < 4.78 is 5.41. The zero-order valence-corrected chi connectivity index (χ0v) is 11.9. The molecule has 6 nitrogen and oxygen atoms in total. The van der Waals surface area contributed by atoms with Crippen LogP contribution in [0.4, 0.5) is 0 Å². The Kier molecular flexibility index (Phi) is 4.16. The van der Waals surface area contributed by atoms with Gasteiger partial charge in [-0.2, -0.15) is 5.26 Å². The van der Waals surface area contributed by atoms with E-state index in [2.05, 4.69) is 26.7 Å². The maximum absolute atomic E-state index is 9.41. The van der Waals surface area contributed by atoms with E-state index in [0.29, 0.717) is 29.5 Å². The first-order valence-corrected chi connectivity index (χ1v) is 6.99.